The molecule has 1 N–H and O–H groups in total. The number of esters is 1. The van der Waals surface area contributed by atoms with Crippen LogP contribution in [0.15, 0.2) is 24.3 Å². The highest BCUT2D eigenvalue weighted by molar-refractivity contribution is 5.89. The van der Waals surface area contributed by atoms with Crippen LogP contribution in [-0.2, 0) is 16.0 Å². The van der Waals surface area contributed by atoms with Gasteiger partial charge in [-0.1, -0.05) is 24.1 Å². The predicted octanol–water partition coefficient (Wildman–Crippen LogP) is 2.51. The minimum atomic E-state index is -3.82. The third kappa shape index (κ3) is 6.30. The van der Waals surface area contributed by atoms with Crippen molar-refractivity contribution in [2.45, 2.75) is 38.9 Å². The van der Waals surface area contributed by atoms with E-state index in [4.69, 9.17) is 9.84 Å². The number of hydrogen-bond acceptors (Lipinski definition) is 3. The van der Waals surface area contributed by atoms with E-state index in [1.54, 1.807) is 32.9 Å². The van der Waals surface area contributed by atoms with Crippen molar-refractivity contribution in [1.29, 1.82) is 0 Å². The second-order valence-corrected chi connectivity index (χ2v) is 5.25. The summed E-state index contributed by atoms with van der Waals surface area (Å²) in [6, 6.07) is 6.08. The van der Waals surface area contributed by atoms with Crippen molar-refractivity contribution in [2.75, 3.05) is 0 Å². The first-order valence-electron chi connectivity index (χ1n) is 6.00. The Labute approximate surface area is 116 Å². The van der Waals surface area contributed by atoms with E-state index in [0.29, 0.717) is 0 Å². The molecule has 1 aromatic carbocycles. The van der Waals surface area contributed by atoms with Gasteiger partial charge in [-0.25, -0.2) is 4.79 Å². The Morgan fingerprint density at radius 2 is 1.90 bits per heavy atom. The van der Waals surface area contributed by atoms with Gasteiger partial charge in [-0.05, 0) is 32.4 Å². The fourth-order valence-corrected chi connectivity index (χ4v) is 1.45. The number of halogens is 2. The van der Waals surface area contributed by atoms with Crippen LogP contribution >= 0.6 is 0 Å². The van der Waals surface area contributed by atoms with E-state index in [1.807, 2.05) is 0 Å². The van der Waals surface area contributed by atoms with Crippen LogP contribution in [0.2, 0.25) is 0 Å². The Kier molecular flexibility index (Phi) is 4.85. The van der Waals surface area contributed by atoms with Crippen molar-refractivity contribution in [3.63, 3.8) is 0 Å². The number of ether oxygens (including phenoxy) is 1. The molecule has 0 aliphatic rings. The van der Waals surface area contributed by atoms with Crippen LogP contribution in [0.3, 0.4) is 0 Å². The van der Waals surface area contributed by atoms with Crippen LogP contribution in [-0.4, -0.2) is 22.8 Å². The van der Waals surface area contributed by atoms with E-state index < -0.39 is 24.1 Å². The summed E-state index contributed by atoms with van der Waals surface area (Å²) >= 11 is 0. The average Bonchev–Trinajstić information content (AvgIpc) is 2.23. The molecule has 0 radical (unpaired) electrons. The quantitative estimate of drug-likeness (QED) is 0.669. The Morgan fingerprint density at radius 3 is 2.45 bits per heavy atom. The number of rotatable bonds is 2. The van der Waals surface area contributed by atoms with Crippen molar-refractivity contribution in [3.05, 3.63) is 35.4 Å². The normalized spacial score (nSPS) is 11.5. The van der Waals surface area contributed by atoms with Gasteiger partial charge in [0.25, 0.3) is 0 Å². The molecule has 0 amide bonds. The maximum Gasteiger partial charge on any atom is 0.385 e. The molecule has 1 aromatic rings. The van der Waals surface area contributed by atoms with Crippen LogP contribution in [0.25, 0.3) is 0 Å². The molecule has 0 bridgehead atoms. The maximum absolute atomic E-state index is 12.6. The highest BCUT2D eigenvalue weighted by atomic mass is 19.3. The lowest BCUT2D eigenvalue weighted by Gasteiger charge is -2.16. The number of carbonyl (C=O) groups excluding carboxylic acids is 1. The third-order valence-electron chi connectivity index (χ3n) is 2.12. The van der Waals surface area contributed by atoms with Crippen molar-refractivity contribution in [1.82, 2.24) is 0 Å². The van der Waals surface area contributed by atoms with Crippen LogP contribution in [0.4, 0.5) is 8.78 Å². The van der Waals surface area contributed by atoms with Gasteiger partial charge in [0.1, 0.15) is 5.60 Å². The van der Waals surface area contributed by atoms with Gasteiger partial charge in [0.15, 0.2) is 0 Å². The minimum Gasteiger partial charge on any atom is -0.450 e. The molecule has 5 heteroatoms. The molecule has 0 atom stereocenters. The number of benzene rings is 1. The number of carbonyl (C=O) groups is 1. The van der Waals surface area contributed by atoms with E-state index in [9.17, 15) is 13.6 Å². The monoisotopic (exact) mass is 282 g/mol. The molecule has 3 nitrogen and oxygen atoms in total. The lowest BCUT2D eigenvalue weighted by molar-refractivity contribution is -0.196. The molecule has 0 aliphatic heterocycles. The zero-order chi connectivity index (χ0) is 15.4. The molecule has 108 valence electrons. The lowest BCUT2D eigenvalue weighted by Crippen LogP contribution is -2.22. The Balaban J connectivity index is 2.91. The number of alkyl halides is 2. The smallest absolute Gasteiger partial charge is 0.385 e. The molecule has 0 saturated carbocycles. The van der Waals surface area contributed by atoms with E-state index in [-0.39, 0.29) is 11.1 Å². The second kappa shape index (κ2) is 6.02. The van der Waals surface area contributed by atoms with Crippen molar-refractivity contribution in [3.8, 4) is 11.8 Å². The van der Waals surface area contributed by atoms with Crippen LogP contribution in [0.5, 0.6) is 0 Å². The molecule has 0 unspecified atom stereocenters. The molecule has 0 heterocycles. The van der Waals surface area contributed by atoms with Crippen LogP contribution in [0, 0.1) is 11.8 Å². The summed E-state index contributed by atoms with van der Waals surface area (Å²) < 4.78 is 30.2. The van der Waals surface area contributed by atoms with Gasteiger partial charge in [0, 0.05) is 11.5 Å². The topological polar surface area (TPSA) is 46.5 Å². The standard InChI is InChI=1S/C15H16F2O3/c1-14(2,3)20-13(18)9-8-11-6-4-5-7-12(11)10-15(16,17)19/h4-7,19H,10H2,1-3H3. The summed E-state index contributed by atoms with van der Waals surface area (Å²) in [5.41, 5.74) is -0.244. The molecule has 0 aromatic heterocycles. The van der Waals surface area contributed by atoms with Crippen molar-refractivity contribution in [2.24, 2.45) is 0 Å². The van der Waals surface area contributed by atoms with Gasteiger partial charge in [0.2, 0.25) is 0 Å². The summed E-state index contributed by atoms with van der Waals surface area (Å²) in [6.45, 7) is 5.10. The van der Waals surface area contributed by atoms with Gasteiger partial charge in [-0.15, -0.1) is 0 Å². The SMILES string of the molecule is CC(C)(C)OC(=O)C#Cc1ccccc1CC(O)(F)F. The number of hydrogen-bond donors (Lipinski definition) is 1. The van der Waals surface area contributed by atoms with Gasteiger partial charge < -0.3 is 9.84 Å². The molecule has 20 heavy (non-hydrogen) atoms. The zero-order valence-electron chi connectivity index (χ0n) is 11.5. The summed E-state index contributed by atoms with van der Waals surface area (Å²) in [5, 5.41) is 8.55. The molecule has 0 saturated heterocycles. The largest absolute Gasteiger partial charge is 0.450 e. The molecular formula is C15H16F2O3. The van der Waals surface area contributed by atoms with Gasteiger partial charge in [0.05, 0.1) is 6.42 Å². The second-order valence-electron chi connectivity index (χ2n) is 5.25. The number of aliphatic hydroxyl groups is 1. The van der Waals surface area contributed by atoms with E-state index in [0.717, 1.165) is 0 Å². The summed E-state index contributed by atoms with van der Waals surface area (Å²) in [6.07, 6.45) is -4.67. The fraction of sp³-hybridized carbons (Fsp3) is 0.400. The van der Waals surface area contributed by atoms with Crippen molar-refractivity contribution >= 4 is 5.97 Å². The van der Waals surface area contributed by atoms with Gasteiger partial charge in [-0.2, -0.15) is 8.78 Å². The van der Waals surface area contributed by atoms with Crippen LogP contribution in [0.1, 0.15) is 31.9 Å². The third-order valence-corrected chi connectivity index (χ3v) is 2.12. The van der Waals surface area contributed by atoms with E-state index >= 15 is 0 Å². The molecule has 0 aliphatic carbocycles. The van der Waals surface area contributed by atoms with Gasteiger partial charge >= 0.3 is 12.1 Å². The zero-order valence-corrected chi connectivity index (χ0v) is 11.5. The molecule has 0 fully saturated rings. The van der Waals surface area contributed by atoms with Crippen LogP contribution < -0.4 is 0 Å². The highest BCUT2D eigenvalue weighted by Gasteiger charge is 2.25. The average molecular weight is 282 g/mol. The highest BCUT2D eigenvalue weighted by Crippen LogP contribution is 2.19. The Bertz CT molecular complexity index is 543. The lowest BCUT2D eigenvalue weighted by atomic mass is 10.0. The predicted molar refractivity (Wildman–Crippen MR) is 70.0 cm³/mol. The molecular weight excluding hydrogens is 266 g/mol. The molecule has 0 spiro atoms. The Morgan fingerprint density at radius 1 is 1.30 bits per heavy atom. The molecule has 1 rings (SSSR count). The summed E-state index contributed by atoms with van der Waals surface area (Å²) in [7, 11) is 0. The first-order chi connectivity index (χ1) is 9.07. The van der Waals surface area contributed by atoms with E-state index in [2.05, 4.69) is 11.8 Å². The first kappa shape index (κ1) is 16.1. The van der Waals surface area contributed by atoms with E-state index in [1.165, 1.54) is 12.1 Å². The Hall–Kier alpha value is -1.93. The summed E-state index contributed by atoms with van der Waals surface area (Å²) in [4.78, 5) is 11.4. The van der Waals surface area contributed by atoms with Crippen molar-refractivity contribution < 1.29 is 23.4 Å². The maximum atomic E-state index is 12.6. The minimum absolute atomic E-state index is 0.163. The fourth-order valence-electron chi connectivity index (χ4n) is 1.45. The van der Waals surface area contributed by atoms with Gasteiger partial charge in [-0.3, -0.25) is 0 Å². The summed E-state index contributed by atoms with van der Waals surface area (Å²) in [5.74, 6) is 4.00. The first-order valence-corrected chi connectivity index (χ1v) is 6.00.